The van der Waals surface area contributed by atoms with Gasteiger partial charge in [-0.1, -0.05) is 6.07 Å². The molecule has 0 bridgehead atoms. The summed E-state index contributed by atoms with van der Waals surface area (Å²) < 4.78 is 15.8. The number of aliphatic hydroxyl groups excluding tert-OH is 1. The van der Waals surface area contributed by atoms with Gasteiger partial charge in [-0.05, 0) is 50.1 Å². The van der Waals surface area contributed by atoms with Crippen LogP contribution in [0.5, 0.6) is 11.5 Å². The van der Waals surface area contributed by atoms with Crippen LogP contribution in [0, 0.1) is 13.8 Å². The number of amides is 1. The Bertz CT molecular complexity index is 779. The lowest BCUT2D eigenvalue weighted by atomic mass is 10.1. The molecule has 1 amide bonds. The summed E-state index contributed by atoms with van der Waals surface area (Å²) in [4.78, 5) is 11.9. The highest BCUT2D eigenvalue weighted by atomic mass is 16.5. The SMILES string of the molecule is COc1ccc(/C=C/C(=O)NCCC(O)c2cc(C)oc2C)cc1OC. The van der Waals surface area contributed by atoms with Gasteiger partial charge >= 0.3 is 0 Å². The number of hydrogen-bond acceptors (Lipinski definition) is 5. The van der Waals surface area contributed by atoms with Crippen LogP contribution in [0.15, 0.2) is 34.8 Å². The van der Waals surface area contributed by atoms with E-state index in [1.165, 1.54) is 6.08 Å². The first-order valence-corrected chi connectivity index (χ1v) is 8.37. The van der Waals surface area contributed by atoms with Gasteiger partial charge in [-0.2, -0.15) is 0 Å². The van der Waals surface area contributed by atoms with E-state index < -0.39 is 6.10 Å². The van der Waals surface area contributed by atoms with Gasteiger partial charge in [0.1, 0.15) is 11.5 Å². The Morgan fingerprint density at radius 2 is 1.96 bits per heavy atom. The molecule has 1 heterocycles. The van der Waals surface area contributed by atoms with Crippen molar-refractivity contribution in [3.05, 3.63) is 53.0 Å². The Hall–Kier alpha value is -2.73. The van der Waals surface area contributed by atoms with Gasteiger partial charge in [-0.3, -0.25) is 4.79 Å². The van der Waals surface area contributed by atoms with Gasteiger partial charge in [0.25, 0.3) is 0 Å². The van der Waals surface area contributed by atoms with Gasteiger partial charge in [0, 0.05) is 18.2 Å². The normalized spacial score (nSPS) is 12.2. The van der Waals surface area contributed by atoms with Crippen LogP contribution < -0.4 is 14.8 Å². The molecule has 1 atom stereocenters. The maximum atomic E-state index is 11.9. The summed E-state index contributed by atoms with van der Waals surface area (Å²) in [6, 6.07) is 7.22. The Balaban J connectivity index is 1.85. The first kappa shape index (κ1) is 19.6. The van der Waals surface area contributed by atoms with Crippen molar-refractivity contribution < 1.29 is 23.8 Å². The fraction of sp³-hybridized carbons (Fsp3) is 0.350. The van der Waals surface area contributed by atoms with E-state index in [-0.39, 0.29) is 5.91 Å². The largest absolute Gasteiger partial charge is 0.493 e. The molecule has 26 heavy (non-hydrogen) atoms. The summed E-state index contributed by atoms with van der Waals surface area (Å²) >= 11 is 0. The minimum Gasteiger partial charge on any atom is -0.493 e. The lowest BCUT2D eigenvalue weighted by molar-refractivity contribution is -0.116. The molecule has 1 unspecified atom stereocenters. The number of carbonyl (C=O) groups excluding carboxylic acids is 1. The quantitative estimate of drug-likeness (QED) is 0.708. The van der Waals surface area contributed by atoms with Crippen LogP contribution in [-0.2, 0) is 4.79 Å². The molecule has 2 aromatic rings. The highest BCUT2D eigenvalue weighted by Crippen LogP contribution is 2.28. The van der Waals surface area contributed by atoms with Crippen molar-refractivity contribution in [2.24, 2.45) is 0 Å². The van der Waals surface area contributed by atoms with Crippen molar-refractivity contribution in [1.29, 1.82) is 0 Å². The van der Waals surface area contributed by atoms with E-state index in [0.717, 1.165) is 16.9 Å². The molecule has 1 aromatic heterocycles. The van der Waals surface area contributed by atoms with E-state index >= 15 is 0 Å². The maximum Gasteiger partial charge on any atom is 0.244 e. The molecule has 2 N–H and O–H groups in total. The smallest absolute Gasteiger partial charge is 0.244 e. The monoisotopic (exact) mass is 359 g/mol. The fourth-order valence-electron chi connectivity index (χ4n) is 2.66. The number of aliphatic hydroxyl groups is 1. The third-order valence-electron chi connectivity index (χ3n) is 3.99. The van der Waals surface area contributed by atoms with Crippen LogP contribution in [0.2, 0.25) is 0 Å². The molecule has 0 saturated carbocycles. The molecule has 0 spiro atoms. The zero-order valence-corrected chi connectivity index (χ0v) is 15.5. The molecular weight excluding hydrogens is 334 g/mol. The zero-order valence-electron chi connectivity index (χ0n) is 15.5. The molecule has 140 valence electrons. The second-order valence-corrected chi connectivity index (χ2v) is 5.91. The van der Waals surface area contributed by atoms with Gasteiger partial charge < -0.3 is 24.3 Å². The summed E-state index contributed by atoms with van der Waals surface area (Å²) in [7, 11) is 3.13. The number of carbonyl (C=O) groups is 1. The van der Waals surface area contributed by atoms with Gasteiger partial charge in [0.2, 0.25) is 5.91 Å². The number of rotatable bonds is 8. The van der Waals surface area contributed by atoms with E-state index in [1.54, 1.807) is 32.4 Å². The van der Waals surface area contributed by atoms with Gasteiger partial charge in [-0.15, -0.1) is 0 Å². The topological polar surface area (TPSA) is 80.9 Å². The molecule has 0 radical (unpaired) electrons. The van der Waals surface area contributed by atoms with Crippen molar-refractivity contribution in [2.75, 3.05) is 20.8 Å². The third-order valence-corrected chi connectivity index (χ3v) is 3.99. The molecule has 0 aliphatic rings. The molecule has 2 rings (SSSR count). The molecule has 0 saturated heterocycles. The number of methoxy groups -OCH3 is 2. The maximum absolute atomic E-state index is 11.9. The Morgan fingerprint density at radius 3 is 2.58 bits per heavy atom. The molecule has 1 aromatic carbocycles. The zero-order chi connectivity index (χ0) is 19.1. The molecule has 6 nitrogen and oxygen atoms in total. The Kier molecular flexibility index (Phi) is 6.86. The number of aryl methyl sites for hydroxylation is 2. The molecule has 0 aliphatic heterocycles. The second kappa shape index (κ2) is 9.10. The van der Waals surface area contributed by atoms with Crippen LogP contribution >= 0.6 is 0 Å². The Morgan fingerprint density at radius 1 is 1.23 bits per heavy atom. The van der Waals surface area contributed by atoms with Crippen molar-refractivity contribution >= 4 is 12.0 Å². The van der Waals surface area contributed by atoms with Crippen LogP contribution in [0.4, 0.5) is 0 Å². The highest BCUT2D eigenvalue weighted by Gasteiger charge is 2.14. The van der Waals surface area contributed by atoms with Crippen LogP contribution in [0.1, 0.15) is 35.2 Å². The summed E-state index contributed by atoms with van der Waals surface area (Å²) in [6.07, 6.45) is 2.89. The number of furan rings is 1. The van der Waals surface area contributed by atoms with Gasteiger partial charge in [0.15, 0.2) is 11.5 Å². The van der Waals surface area contributed by atoms with E-state index in [0.29, 0.717) is 30.2 Å². The molecule has 6 heteroatoms. The van der Waals surface area contributed by atoms with Gasteiger partial charge in [0.05, 0.1) is 20.3 Å². The standard InChI is InChI=1S/C20H25NO5/c1-13-11-16(14(2)26-13)17(22)9-10-21-20(23)8-6-15-5-7-18(24-3)19(12-15)25-4/h5-8,11-12,17,22H,9-10H2,1-4H3,(H,21,23)/b8-6+. The minimum atomic E-state index is -0.664. The highest BCUT2D eigenvalue weighted by molar-refractivity contribution is 5.91. The molecular formula is C20H25NO5. The predicted octanol–water partition coefficient (Wildman–Crippen LogP) is 3.17. The lowest BCUT2D eigenvalue weighted by Crippen LogP contribution is -2.23. The van der Waals surface area contributed by atoms with E-state index in [9.17, 15) is 9.90 Å². The molecule has 0 fully saturated rings. The average molecular weight is 359 g/mol. The van der Waals surface area contributed by atoms with Crippen molar-refractivity contribution in [3.8, 4) is 11.5 Å². The first-order chi connectivity index (χ1) is 12.4. The van der Waals surface area contributed by atoms with Crippen LogP contribution in [0.3, 0.4) is 0 Å². The average Bonchev–Trinajstić information content (AvgIpc) is 2.97. The fourth-order valence-corrected chi connectivity index (χ4v) is 2.66. The second-order valence-electron chi connectivity index (χ2n) is 5.91. The number of benzene rings is 1. The van der Waals surface area contributed by atoms with E-state index in [1.807, 2.05) is 26.0 Å². The predicted molar refractivity (Wildman–Crippen MR) is 99.3 cm³/mol. The van der Waals surface area contributed by atoms with E-state index in [4.69, 9.17) is 13.9 Å². The summed E-state index contributed by atoms with van der Waals surface area (Å²) in [6.45, 7) is 4.01. The molecule has 0 aliphatic carbocycles. The third kappa shape index (κ3) is 5.13. The van der Waals surface area contributed by atoms with E-state index in [2.05, 4.69) is 5.32 Å². The van der Waals surface area contributed by atoms with Crippen molar-refractivity contribution in [1.82, 2.24) is 5.32 Å². The van der Waals surface area contributed by atoms with Crippen molar-refractivity contribution in [2.45, 2.75) is 26.4 Å². The summed E-state index contributed by atoms with van der Waals surface area (Å²) in [5.74, 6) is 2.47. The van der Waals surface area contributed by atoms with Crippen LogP contribution in [0.25, 0.3) is 6.08 Å². The number of nitrogens with one attached hydrogen (secondary N) is 1. The number of hydrogen-bond donors (Lipinski definition) is 2. The summed E-state index contributed by atoms with van der Waals surface area (Å²) in [5, 5.41) is 12.9. The Labute approximate surface area is 153 Å². The summed E-state index contributed by atoms with van der Waals surface area (Å²) in [5.41, 5.74) is 1.58. The van der Waals surface area contributed by atoms with Gasteiger partial charge in [-0.25, -0.2) is 0 Å². The van der Waals surface area contributed by atoms with Crippen LogP contribution in [-0.4, -0.2) is 31.8 Å². The number of ether oxygens (including phenoxy) is 2. The lowest BCUT2D eigenvalue weighted by Gasteiger charge is -2.10. The van der Waals surface area contributed by atoms with Crippen molar-refractivity contribution in [3.63, 3.8) is 0 Å². The first-order valence-electron chi connectivity index (χ1n) is 8.37. The minimum absolute atomic E-state index is 0.230.